The van der Waals surface area contributed by atoms with Crippen molar-refractivity contribution in [2.75, 3.05) is 0 Å². The molecule has 1 saturated carbocycles. The quantitative estimate of drug-likeness (QED) is 0.799. The van der Waals surface area contributed by atoms with E-state index in [1.807, 2.05) is 26.0 Å². The average Bonchev–Trinajstić information content (AvgIpc) is 2.26. The normalized spacial score (nSPS) is 19.4. The molecule has 1 aliphatic carbocycles. The van der Waals surface area contributed by atoms with Crippen molar-refractivity contribution in [3.05, 3.63) is 34.9 Å². The van der Waals surface area contributed by atoms with Crippen molar-refractivity contribution in [2.45, 2.75) is 51.9 Å². The van der Waals surface area contributed by atoms with Gasteiger partial charge < -0.3 is 0 Å². The first-order valence-corrected chi connectivity index (χ1v) is 6.83. The van der Waals surface area contributed by atoms with Crippen LogP contribution in [0.15, 0.2) is 18.2 Å². The molecule has 0 unspecified atom stereocenters. The predicted octanol–water partition coefficient (Wildman–Crippen LogP) is 4.24. The zero-order chi connectivity index (χ0) is 14.0. The van der Waals surface area contributed by atoms with Crippen molar-refractivity contribution in [1.29, 1.82) is 0 Å². The fourth-order valence-corrected chi connectivity index (χ4v) is 2.88. The SMILES string of the molecule is Cc1cc(C)cc(CC(=O)C2CCC(F)(F)CC2)c1. The van der Waals surface area contributed by atoms with Crippen molar-refractivity contribution < 1.29 is 13.6 Å². The molecule has 0 aliphatic heterocycles. The molecule has 0 amide bonds. The topological polar surface area (TPSA) is 17.1 Å². The van der Waals surface area contributed by atoms with E-state index in [4.69, 9.17) is 0 Å². The molecular weight excluding hydrogens is 246 g/mol. The Morgan fingerprint density at radius 2 is 1.68 bits per heavy atom. The molecule has 19 heavy (non-hydrogen) atoms. The lowest BCUT2D eigenvalue weighted by molar-refractivity contribution is -0.126. The van der Waals surface area contributed by atoms with E-state index in [0.29, 0.717) is 19.3 Å². The Bertz CT molecular complexity index is 449. The Morgan fingerprint density at radius 1 is 1.16 bits per heavy atom. The molecule has 0 saturated heterocycles. The molecule has 0 spiro atoms. The van der Waals surface area contributed by atoms with Gasteiger partial charge in [0, 0.05) is 25.2 Å². The van der Waals surface area contributed by atoms with E-state index in [1.165, 1.54) is 0 Å². The van der Waals surface area contributed by atoms with Crippen LogP contribution in [0.4, 0.5) is 8.78 Å². The van der Waals surface area contributed by atoms with Gasteiger partial charge in [0.2, 0.25) is 5.92 Å². The third-order valence-corrected chi connectivity index (χ3v) is 3.83. The smallest absolute Gasteiger partial charge is 0.248 e. The molecule has 2 rings (SSSR count). The van der Waals surface area contributed by atoms with Crippen LogP contribution in [-0.4, -0.2) is 11.7 Å². The number of benzene rings is 1. The van der Waals surface area contributed by atoms with Crippen LogP contribution < -0.4 is 0 Å². The molecule has 0 aromatic heterocycles. The summed E-state index contributed by atoms with van der Waals surface area (Å²) in [5, 5.41) is 0. The number of hydrogen-bond acceptors (Lipinski definition) is 1. The van der Waals surface area contributed by atoms with Crippen molar-refractivity contribution in [2.24, 2.45) is 5.92 Å². The van der Waals surface area contributed by atoms with Crippen LogP contribution in [0.1, 0.15) is 42.4 Å². The maximum Gasteiger partial charge on any atom is 0.248 e. The first kappa shape index (κ1) is 14.2. The zero-order valence-electron chi connectivity index (χ0n) is 11.5. The van der Waals surface area contributed by atoms with Gasteiger partial charge in [-0.15, -0.1) is 0 Å². The Hall–Kier alpha value is -1.25. The molecule has 1 nitrogen and oxygen atoms in total. The molecule has 0 radical (unpaired) electrons. The van der Waals surface area contributed by atoms with Gasteiger partial charge in [-0.25, -0.2) is 8.78 Å². The number of rotatable bonds is 3. The second kappa shape index (κ2) is 5.40. The molecule has 0 bridgehead atoms. The molecule has 1 aromatic rings. The van der Waals surface area contributed by atoms with Gasteiger partial charge in [-0.1, -0.05) is 29.3 Å². The van der Waals surface area contributed by atoms with Crippen LogP contribution in [0.2, 0.25) is 0 Å². The summed E-state index contributed by atoms with van der Waals surface area (Å²) < 4.78 is 26.1. The van der Waals surface area contributed by atoms with E-state index < -0.39 is 5.92 Å². The van der Waals surface area contributed by atoms with Gasteiger partial charge in [0.25, 0.3) is 0 Å². The van der Waals surface area contributed by atoms with E-state index in [9.17, 15) is 13.6 Å². The van der Waals surface area contributed by atoms with E-state index in [1.54, 1.807) is 0 Å². The van der Waals surface area contributed by atoms with Crippen LogP contribution in [0, 0.1) is 19.8 Å². The molecule has 0 heterocycles. The minimum absolute atomic E-state index is 0.112. The van der Waals surface area contributed by atoms with Crippen molar-refractivity contribution in [3.8, 4) is 0 Å². The number of carbonyl (C=O) groups excluding carboxylic acids is 1. The lowest BCUT2D eigenvalue weighted by Crippen LogP contribution is -2.29. The highest BCUT2D eigenvalue weighted by molar-refractivity contribution is 5.83. The molecule has 1 aromatic carbocycles. The number of Topliss-reactive ketones (excluding diaryl/α,β-unsaturated/α-hetero) is 1. The molecule has 0 atom stereocenters. The third kappa shape index (κ3) is 3.85. The van der Waals surface area contributed by atoms with Crippen molar-refractivity contribution >= 4 is 5.78 Å². The Kier molecular flexibility index (Phi) is 4.02. The Morgan fingerprint density at radius 3 is 2.21 bits per heavy atom. The molecule has 1 fully saturated rings. The van der Waals surface area contributed by atoms with Gasteiger partial charge in [0.1, 0.15) is 5.78 Å². The first-order chi connectivity index (χ1) is 8.85. The van der Waals surface area contributed by atoms with Crippen LogP contribution in [-0.2, 0) is 11.2 Å². The van der Waals surface area contributed by atoms with E-state index in [-0.39, 0.29) is 24.5 Å². The Balaban J connectivity index is 1.98. The van der Waals surface area contributed by atoms with Gasteiger partial charge in [-0.2, -0.15) is 0 Å². The highest BCUT2D eigenvalue weighted by Crippen LogP contribution is 2.36. The maximum atomic E-state index is 13.1. The third-order valence-electron chi connectivity index (χ3n) is 3.83. The molecule has 104 valence electrons. The summed E-state index contributed by atoms with van der Waals surface area (Å²) in [4.78, 5) is 12.2. The minimum atomic E-state index is -2.56. The predicted molar refractivity (Wildman–Crippen MR) is 71.5 cm³/mol. The number of alkyl halides is 2. The van der Waals surface area contributed by atoms with Crippen LogP contribution >= 0.6 is 0 Å². The molecule has 1 aliphatic rings. The fraction of sp³-hybridized carbons (Fsp3) is 0.562. The second-order valence-electron chi connectivity index (χ2n) is 5.77. The van der Waals surface area contributed by atoms with Gasteiger partial charge in [0.05, 0.1) is 0 Å². The number of halogens is 2. The summed E-state index contributed by atoms with van der Waals surface area (Å²) in [6, 6.07) is 6.07. The highest BCUT2D eigenvalue weighted by Gasteiger charge is 2.37. The monoisotopic (exact) mass is 266 g/mol. The van der Waals surface area contributed by atoms with Crippen molar-refractivity contribution in [1.82, 2.24) is 0 Å². The van der Waals surface area contributed by atoms with E-state index >= 15 is 0 Å². The zero-order valence-corrected chi connectivity index (χ0v) is 11.5. The van der Waals surface area contributed by atoms with E-state index in [0.717, 1.165) is 16.7 Å². The molecular formula is C16H20F2O. The van der Waals surface area contributed by atoms with Crippen molar-refractivity contribution in [3.63, 3.8) is 0 Å². The van der Waals surface area contributed by atoms with Crippen LogP contribution in [0.25, 0.3) is 0 Å². The molecule has 0 N–H and O–H groups in total. The second-order valence-corrected chi connectivity index (χ2v) is 5.77. The Labute approximate surface area is 113 Å². The van der Waals surface area contributed by atoms with Crippen LogP contribution in [0.5, 0.6) is 0 Å². The molecule has 3 heteroatoms. The summed E-state index contributed by atoms with van der Waals surface area (Å²) in [7, 11) is 0. The lowest BCUT2D eigenvalue weighted by atomic mass is 9.82. The van der Waals surface area contributed by atoms with E-state index in [2.05, 4.69) is 6.07 Å². The number of aryl methyl sites for hydroxylation is 2. The summed E-state index contributed by atoms with van der Waals surface area (Å²) in [5.74, 6) is -2.63. The number of ketones is 1. The van der Waals surface area contributed by atoms with Crippen LogP contribution in [0.3, 0.4) is 0 Å². The standard InChI is InChI=1S/C16H20F2O/c1-11-7-12(2)9-13(8-11)10-15(19)14-3-5-16(17,18)6-4-14/h7-9,14H,3-6,10H2,1-2H3. The number of carbonyl (C=O) groups is 1. The number of hydrogen-bond donors (Lipinski definition) is 0. The summed E-state index contributed by atoms with van der Waals surface area (Å²) >= 11 is 0. The minimum Gasteiger partial charge on any atom is -0.299 e. The highest BCUT2D eigenvalue weighted by atomic mass is 19.3. The average molecular weight is 266 g/mol. The lowest BCUT2D eigenvalue weighted by Gasteiger charge is -2.27. The van der Waals surface area contributed by atoms with Gasteiger partial charge >= 0.3 is 0 Å². The first-order valence-electron chi connectivity index (χ1n) is 6.83. The van der Waals surface area contributed by atoms with Gasteiger partial charge in [-0.05, 0) is 32.3 Å². The summed E-state index contributed by atoms with van der Waals surface area (Å²) in [5.41, 5.74) is 3.27. The summed E-state index contributed by atoms with van der Waals surface area (Å²) in [6.07, 6.45) is 0.749. The van der Waals surface area contributed by atoms with Gasteiger partial charge in [0.15, 0.2) is 0 Å². The summed E-state index contributed by atoms with van der Waals surface area (Å²) in [6.45, 7) is 4.00. The largest absolute Gasteiger partial charge is 0.299 e. The van der Waals surface area contributed by atoms with Gasteiger partial charge in [-0.3, -0.25) is 4.79 Å². The fourth-order valence-electron chi connectivity index (χ4n) is 2.88. The maximum absolute atomic E-state index is 13.1.